The molecule has 1 aliphatic heterocycles. The number of halogens is 3. The van der Waals surface area contributed by atoms with Crippen molar-refractivity contribution in [3.8, 4) is 11.5 Å². The number of amides is 2. The van der Waals surface area contributed by atoms with Gasteiger partial charge in [-0.2, -0.15) is 0 Å². The van der Waals surface area contributed by atoms with Gasteiger partial charge < -0.3 is 24.8 Å². The van der Waals surface area contributed by atoms with E-state index in [1.807, 2.05) is 0 Å². The Hall–Kier alpha value is -2.68. The lowest BCUT2D eigenvalue weighted by Gasteiger charge is -2.15. The highest BCUT2D eigenvalue weighted by atomic mass is 35.5. The van der Waals surface area contributed by atoms with Crippen molar-refractivity contribution >= 4 is 58.3 Å². The first kappa shape index (κ1) is 22.0. The Morgan fingerprint density at radius 2 is 1.73 bits per heavy atom. The fourth-order valence-electron chi connectivity index (χ4n) is 2.47. The lowest BCUT2D eigenvalue weighted by atomic mass is 10.2. The number of carbonyl (C=O) groups is 3. The minimum atomic E-state index is -1.16. The standard InChI is InChI=1S/C19H15Cl3N2O6/c1-9(18(26)24-17-12(21)5-11(20)6-13(17)22)30-16(25)7-23-19(27)10-2-3-14-15(4-10)29-8-28-14/h2-6,9H,7-8H2,1H3,(H,23,27)(H,24,26). The Kier molecular flexibility index (Phi) is 6.91. The maximum atomic E-state index is 12.3. The molecule has 0 saturated heterocycles. The van der Waals surface area contributed by atoms with Crippen molar-refractivity contribution in [1.82, 2.24) is 5.32 Å². The molecule has 158 valence electrons. The number of benzene rings is 2. The Morgan fingerprint density at radius 1 is 1.07 bits per heavy atom. The van der Waals surface area contributed by atoms with E-state index >= 15 is 0 Å². The van der Waals surface area contributed by atoms with Gasteiger partial charge in [0, 0.05) is 10.6 Å². The Morgan fingerprint density at radius 3 is 2.43 bits per heavy atom. The average molecular weight is 474 g/mol. The minimum absolute atomic E-state index is 0.0825. The van der Waals surface area contributed by atoms with Crippen molar-refractivity contribution in [3.63, 3.8) is 0 Å². The molecule has 0 aromatic heterocycles. The molecule has 2 aromatic rings. The molecule has 0 radical (unpaired) electrons. The van der Waals surface area contributed by atoms with Crippen molar-refractivity contribution in [2.75, 3.05) is 18.7 Å². The predicted molar refractivity (Wildman–Crippen MR) is 111 cm³/mol. The summed E-state index contributed by atoms with van der Waals surface area (Å²) in [6, 6.07) is 7.44. The fourth-order valence-corrected chi connectivity index (χ4v) is 3.38. The van der Waals surface area contributed by atoms with E-state index in [2.05, 4.69) is 10.6 Å². The van der Waals surface area contributed by atoms with Crippen LogP contribution in [0, 0.1) is 0 Å². The normalized spacial score (nSPS) is 12.8. The molecule has 2 N–H and O–H groups in total. The summed E-state index contributed by atoms with van der Waals surface area (Å²) in [5, 5.41) is 5.46. The molecule has 0 aliphatic carbocycles. The first-order chi connectivity index (χ1) is 14.2. The Balaban J connectivity index is 1.50. The van der Waals surface area contributed by atoms with E-state index in [9.17, 15) is 14.4 Å². The molecule has 1 heterocycles. The smallest absolute Gasteiger partial charge is 0.326 e. The van der Waals surface area contributed by atoms with Crippen LogP contribution in [0.3, 0.4) is 0 Å². The molecular formula is C19H15Cl3N2O6. The Labute approximate surface area is 186 Å². The molecule has 0 saturated carbocycles. The van der Waals surface area contributed by atoms with Crippen LogP contribution in [0.15, 0.2) is 30.3 Å². The highest BCUT2D eigenvalue weighted by molar-refractivity contribution is 6.42. The second kappa shape index (κ2) is 9.42. The van der Waals surface area contributed by atoms with E-state index in [1.165, 1.54) is 31.2 Å². The fraction of sp³-hybridized carbons (Fsp3) is 0.211. The van der Waals surface area contributed by atoms with Gasteiger partial charge in [0.15, 0.2) is 17.6 Å². The number of ether oxygens (including phenoxy) is 3. The molecule has 1 aliphatic rings. The summed E-state index contributed by atoms with van der Waals surface area (Å²) in [5.41, 5.74) is 0.427. The molecule has 2 amide bonds. The van der Waals surface area contributed by atoms with Gasteiger partial charge in [0.2, 0.25) is 6.79 Å². The zero-order valence-electron chi connectivity index (χ0n) is 15.5. The van der Waals surface area contributed by atoms with Gasteiger partial charge in [-0.05, 0) is 37.3 Å². The van der Waals surface area contributed by atoms with Crippen LogP contribution < -0.4 is 20.1 Å². The number of nitrogens with one attached hydrogen (secondary N) is 2. The molecule has 11 heteroatoms. The highest BCUT2D eigenvalue weighted by Gasteiger charge is 2.21. The van der Waals surface area contributed by atoms with Crippen LogP contribution in [0.4, 0.5) is 5.69 Å². The number of hydrogen-bond donors (Lipinski definition) is 2. The van der Waals surface area contributed by atoms with E-state index in [0.29, 0.717) is 16.5 Å². The Bertz CT molecular complexity index is 991. The summed E-state index contributed by atoms with van der Waals surface area (Å²) < 4.78 is 15.4. The van der Waals surface area contributed by atoms with E-state index in [1.54, 1.807) is 6.07 Å². The van der Waals surface area contributed by atoms with Gasteiger partial charge in [0.25, 0.3) is 11.8 Å². The predicted octanol–water partition coefficient (Wildman–Crippen LogP) is 3.68. The quantitative estimate of drug-likeness (QED) is 0.621. The highest BCUT2D eigenvalue weighted by Crippen LogP contribution is 2.34. The lowest BCUT2D eigenvalue weighted by molar-refractivity contribution is -0.152. The molecular weight excluding hydrogens is 459 g/mol. The molecule has 1 atom stereocenters. The zero-order chi connectivity index (χ0) is 21.8. The molecule has 2 aromatic carbocycles. The van der Waals surface area contributed by atoms with Crippen LogP contribution in [0.2, 0.25) is 15.1 Å². The van der Waals surface area contributed by atoms with Crippen LogP contribution >= 0.6 is 34.8 Å². The summed E-state index contributed by atoms with van der Waals surface area (Å²) in [7, 11) is 0. The molecule has 30 heavy (non-hydrogen) atoms. The first-order valence-corrected chi connectivity index (χ1v) is 9.70. The van der Waals surface area contributed by atoms with Crippen molar-refractivity contribution in [2.45, 2.75) is 13.0 Å². The maximum Gasteiger partial charge on any atom is 0.326 e. The number of carbonyl (C=O) groups excluding carboxylic acids is 3. The molecule has 0 fully saturated rings. The molecule has 8 nitrogen and oxygen atoms in total. The number of esters is 1. The number of hydrogen-bond acceptors (Lipinski definition) is 6. The summed E-state index contributed by atoms with van der Waals surface area (Å²) in [6.07, 6.45) is -1.16. The van der Waals surface area contributed by atoms with Gasteiger partial charge in [0.1, 0.15) is 6.54 Å². The van der Waals surface area contributed by atoms with E-state index < -0.39 is 30.4 Å². The molecule has 3 rings (SSSR count). The maximum absolute atomic E-state index is 12.3. The lowest BCUT2D eigenvalue weighted by Crippen LogP contribution is -2.35. The summed E-state index contributed by atoms with van der Waals surface area (Å²) in [6.45, 7) is 1.01. The minimum Gasteiger partial charge on any atom is -0.454 e. The summed E-state index contributed by atoms with van der Waals surface area (Å²) in [4.78, 5) is 36.4. The molecule has 1 unspecified atom stereocenters. The third kappa shape index (κ3) is 5.27. The van der Waals surface area contributed by atoms with Crippen molar-refractivity contribution < 1.29 is 28.6 Å². The van der Waals surface area contributed by atoms with Crippen LogP contribution in [0.1, 0.15) is 17.3 Å². The van der Waals surface area contributed by atoms with Gasteiger partial charge >= 0.3 is 5.97 Å². The van der Waals surface area contributed by atoms with Crippen molar-refractivity contribution in [2.24, 2.45) is 0 Å². The van der Waals surface area contributed by atoms with Crippen molar-refractivity contribution in [1.29, 1.82) is 0 Å². The largest absolute Gasteiger partial charge is 0.454 e. The van der Waals surface area contributed by atoms with Gasteiger partial charge in [-0.25, -0.2) is 0 Å². The molecule has 0 spiro atoms. The van der Waals surface area contributed by atoms with Gasteiger partial charge in [-0.3, -0.25) is 14.4 Å². The van der Waals surface area contributed by atoms with Crippen molar-refractivity contribution in [3.05, 3.63) is 51.0 Å². The first-order valence-electron chi connectivity index (χ1n) is 8.57. The van der Waals surface area contributed by atoms with E-state index in [0.717, 1.165) is 0 Å². The third-order valence-electron chi connectivity index (χ3n) is 3.96. The van der Waals surface area contributed by atoms with Crippen LogP contribution in [-0.4, -0.2) is 37.2 Å². The summed E-state index contributed by atoms with van der Waals surface area (Å²) in [5.74, 6) is -1.000. The van der Waals surface area contributed by atoms with Crippen LogP contribution in [0.25, 0.3) is 0 Å². The average Bonchev–Trinajstić information content (AvgIpc) is 3.16. The number of fused-ring (bicyclic) bond motifs is 1. The topological polar surface area (TPSA) is 103 Å². The zero-order valence-corrected chi connectivity index (χ0v) is 17.7. The summed E-state index contributed by atoms with van der Waals surface area (Å²) >= 11 is 17.8. The van der Waals surface area contributed by atoms with Crippen LogP contribution in [-0.2, 0) is 14.3 Å². The third-order valence-corrected chi connectivity index (χ3v) is 4.77. The number of rotatable bonds is 6. The van der Waals surface area contributed by atoms with Gasteiger partial charge in [-0.1, -0.05) is 34.8 Å². The van der Waals surface area contributed by atoms with Gasteiger partial charge in [-0.15, -0.1) is 0 Å². The monoisotopic (exact) mass is 472 g/mol. The van der Waals surface area contributed by atoms with Crippen LogP contribution in [0.5, 0.6) is 11.5 Å². The second-order valence-corrected chi connectivity index (χ2v) is 7.37. The van der Waals surface area contributed by atoms with E-state index in [4.69, 9.17) is 49.0 Å². The van der Waals surface area contributed by atoms with Gasteiger partial charge in [0.05, 0.1) is 15.7 Å². The second-order valence-electron chi connectivity index (χ2n) is 6.12. The number of anilines is 1. The van der Waals surface area contributed by atoms with E-state index in [-0.39, 0.29) is 28.1 Å². The SMILES string of the molecule is CC(OC(=O)CNC(=O)c1ccc2c(c1)OCO2)C(=O)Nc1c(Cl)cc(Cl)cc1Cl. The molecule has 0 bridgehead atoms.